The fourth-order valence-corrected chi connectivity index (χ4v) is 2.53. The lowest BCUT2D eigenvalue weighted by molar-refractivity contribution is 0.340. The Labute approximate surface area is 145 Å². The van der Waals surface area contributed by atoms with Gasteiger partial charge >= 0.3 is 0 Å². The van der Waals surface area contributed by atoms with Crippen molar-refractivity contribution in [2.45, 2.75) is 13.8 Å². The van der Waals surface area contributed by atoms with Gasteiger partial charge in [-0.2, -0.15) is 14.9 Å². The SMILES string of the molecule is CCOc1cccc(-c2n[nH]c(=S)n2/N=C/c2cccc(C)c2)c1. The second-order valence-electron chi connectivity index (χ2n) is 5.28. The number of benzene rings is 2. The van der Waals surface area contributed by atoms with Crippen LogP contribution in [0.5, 0.6) is 5.75 Å². The zero-order chi connectivity index (χ0) is 16.9. The Kier molecular flexibility index (Phi) is 4.86. The molecule has 0 radical (unpaired) electrons. The second kappa shape index (κ2) is 7.23. The number of H-pyrrole nitrogens is 1. The lowest BCUT2D eigenvalue weighted by atomic mass is 10.2. The number of rotatable bonds is 5. The first-order chi connectivity index (χ1) is 11.7. The highest BCUT2D eigenvalue weighted by Gasteiger charge is 2.09. The predicted octanol–water partition coefficient (Wildman–Crippen LogP) is 4.20. The maximum atomic E-state index is 5.55. The first-order valence-electron chi connectivity index (χ1n) is 7.69. The van der Waals surface area contributed by atoms with Gasteiger partial charge in [-0.15, -0.1) is 0 Å². The summed E-state index contributed by atoms with van der Waals surface area (Å²) in [6, 6.07) is 15.8. The molecule has 0 aliphatic rings. The van der Waals surface area contributed by atoms with Gasteiger partial charge in [0.1, 0.15) is 5.75 Å². The van der Waals surface area contributed by atoms with Gasteiger partial charge in [-0.05, 0) is 43.8 Å². The number of aromatic amines is 1. The number of nitrogens with one attached hydrogen (secondary N) is 1. The Balaban J connectivity index is 1.97. The molecule has 0 saturated carbocycles. The molecule has 1 aromatic heterocycles. The van der Waals surface area contributed by atoms with Crippen LogP contribution in [-0.2, 0) is 0 Å². The summed E-state index contributed by atoms with van der Waals surface area (Å²) in [6.45, 7) is 4.61. The highest BCUT2D eigenvalue weighted by atomic mass is 32.1. The van der Waals surface area contributed by atoms with Crippen molar-refractivity contribution in [1.29, 1.82) is 0 Å². The summed E-state index contributed by atoms with van der Waals surface area (Å²) in [5.41, 5.74) is 3.07. The van der Waals surface area contributed by atoms with E-state index in [4.69, 9.17) is 17.0 Å². The maximum absolute atomic E-state index is 5.55. The van der Waals surface area contributed by atoms with Crippen LogP contribution in [0.2, 0.25) is 0 Å². The molecule has 0 fully saturated rings. The van der Waals surface area contributed by atoms with Crippen LogP contribution in [0, 0.1) is 11.7 Å². The molecule has 1 N–H and O–H groups in total. The second-order valence-corrected chi connectivity index (χ2v) is 5.67. The Bertz CT molecular complexity index is 927. The minimum Gasteiger partial charge on any atom is -0.494 e. The molecule has 0 unspecified atom stereocenters. The van der Waals surface area contributed by atoms with E-state index in [2.05, 4.69) is 21.4 Å². The standard InChI is InChI=1S/C18H18N4OS/c1-3-23-16-9-5-8-15(11-16)17-20-21-18(24)22(17)19-12-14-7-4-6-13(2)10-14/h4-12H,3H2,1-2H3,(H,21,24)/b19-12+. The van der Waals surface area contributed by atoms with E-state index in [0.717, 1.165) is 16.9 Å². The Hall–Kier alpha value is -2.73. The predicted molar refractivity (Wildman–Crippen MR) is 98.2 cm³/mol. The van der Waals surface area contributed by atoms with E-state index in [1.54, 1.807) is 10.9 Å². The van der Waals surface area contributed by atoms with E-state index in [-0.39, 0.29) is 0 Å². The van der Waals surface area contributed by atoms with Gasteiger partial charge in [-0.1, -0.05) is 42.0 Å². The summed E-state index contributed by atoms with van der Waals surface area (Å²) in [5.74, 6) is 1.43. The highest BCUT2D eigenvalue weighted by Crippen LogP contribution is 2.22. The van der Waals surface area contributed by atoms with Crippen LogP contribution in [0.1, 0.15) is 18.1 Å². The summed E-state index contributed by atoms with van der Waals surface area (Å²) >= 11 is 5.30. The van der Waals surface area contributed by atoms with Crippen molar-refractivity contribution in [1.82, 2.24) is 14.9 Å². The van der Waals surface area contributed by atoms with Crippen molar-refractivity contribution in [3.8, 4) is 17.1 Å². The average molecular weight is 338 g/mol. The molecule has 24 heavy (non-hydrogen) atoms. The summed E-state index contributed by atoms with van der Waals surface area (Å²) in [5, 5.41) is 11.6. The molecule has 0 bridgehead atoms. The van der Waals surface area contributed by atoms with Crippen molar-refractivity contribution in [3.63, 3.8) is 0 Å². The quantitative estimate of drug-likeness (QED) is 0.560. The molecule has 3 rings (SSSR count). The third kappa shape index (κ3) is 3.60. The van der Waals surface area contributed by atoms with Gasteiger partial charge in [0.25, 0.3) is 0 Å². The van der Waals surface area contributed by atoms with E-state index in [9.17, 15) is 0 Å². The van der Waals surface area contributed by atoms with Gasteiger partial charge < -0.3 is 4.74 Å². The fraction of sp³-hybridized carbons (Fsp3) is 0.167. The molecule has 0 saturated heterocycles. The van der Waals surface area contributed by atoms with E-state index >= 15 is 0 Å². The summed E-state index contributed by atoms with van der Waals surface area (Å²) < 4.78 is 7.60. The van der Waals surface area contributed by atoms with E-state index in [1.165, 1.54) is 5.56 Å². The molecule has 6 heteroatoms. The molecule has 0 amide bonds. The van der Waals surface area contributed by atoms with Crippen LogP contribution in [0.15, 0.2) is 53.6 Å². The molecular formula is C18H18N4OS. The molecule has 5 nitrogen and oxygen atoms in total. The number of hydrogen-bond donors (Lipinski definition) is 1. The topological polar surface area (TPSA) is 55.2 Å². The molecule has 0 aliphatic carbocycles. The van der Waals surface area contributed by atoms with Gasteiger partial charge in [-0.25, -0.2) is 5.10 Å². The lowest BCUT2D eigenvalue weighted by Gasteiger charge is -2.05. The average Bonchev–Trinajstić information content (AvgIpc) is 2.94. The van der Waals surface area contributed by atoms with Crippen LogP contribution in [0.4, 0.5) is 0 Å². The van der Waals surface area contributed by atoms with Crippen molar-refractivity contribution < 1.29 is 4.74 Å². The number of hydrogen-bond acceptors (Lipinski definition) is 4. The molecule has 122 valence electrons. The molecular weight excluding hydrogens is 320 g/mol. The number of aryl methyl sites for hydroxylation is 1. The first-order valence-corrected chi connectivity index (χ1v) is 8.10. The maximum Gasteiger partial charge on any atom is 0.216 e. The van der Waals surface area contributed by atoms with Crippen molar-refractivity contribution >= 4 is 18.4 Å². The smallest absolute Gasteiger partial charge is 0.216 e. The first kappa shape index (κ1) is 16.1. The van der Waals surface area contributed by atoms with Gasteiger partial charge in [-0.3, -0.25) is 0 Å². The number of ether oxygens (including phenoxy) is 1. The van der Waals surface area contributed by atoms with Crippen LogP contribution in [0.25, 0.3) is 11.4 Å². The van der Waals surface area contributed by atoms with Gasteiger partial charge in [0, 0.05) is 5.56 Å². The third-order valence-corrected chi connectivity index (χ3v) is 3.68. The van der Waals surface area contributed by atoms with Gasteiger partial charge in [0.2, 0.25) is 4.77 Å². The van der Waals surface area contributed by atoms with Crippen molar-refractivity contribution in [2.75, 3.05) is 6.61 Å². The lowest BCUT2D eigenvalue weighted by Crippen LogP contribution is -1.96. The fourth-order valence-electron chi connectivity index (χ4n) is 2.35. The third-order valence-electron chi connectivity index (χ3n) is 3.42. The Morgan fingerprint density at radius 1 is 1.25 bits per heavy atom. The van der Waals surface area contributed by atoms with Crippen LogP contribution in [-0.4, -0.2) is 27.7 Å². The molecule has 0 spiro atoms. The van der Waals surface area contributed by atoms with Crippen LogP contribution < -0.4 is 4.74 Å². The minimum absolute atomic E-state index is 0.440. The summed E-state index contributed by atoms with van der Waals surface area (Å²) in [7, 11) is 0. The van der Waals surface area contributed by atoms with Gasteiger partial charge in [0.05, 0.1) is 12.8 Å². The summed E-state index contributed by atoms with van der Waals surface area (Å²) in [6.07, 6.45) is 1.77. The molecule has 0 aliphatic heterocycles. The number of nitrogens with zero attached hydrogens (tertiary/aromatic N) is 3. The zero-order valence-electron chi connectivity index (χ0n) is 13.6. The summed E-state index contributed by atoms with van der Waals surface area (Å²) in [4.78, 5) is 0. The molecule has 1 heterocycles. The normalized spacial score (nSPS) is 11.1. The monoisotopic (exact) mass is 338 g/mol. The molecule has 0 atom stereocenters. The Morgan fingerprint density at radius 2 is 2.08 bits per heavy atom. The number of aromatic nitrogens is 3. The van der Waals surface area contributed by atoms with Gasteiger partial charge in [0.15, 0.2) is 5.82 Å². The zero-order valence-corrected chi connectivity index (χ0v) is 14.4. The van der Waals surface area contributed by atoms with E-state index in [1.807, 2.05) is 56.3 Å². The Morgan fingerprint density at radius 3 is 2.88 bits per heavy atom. The van der Waals surface area contributed by atoms with Crippen LogP contribution >= 0.6 is 12.2 Å². The molecule has 3 aromatic rings. The minimum atomic E-state index is 0.440. The van der Waals surface area contributed by atoms with Crippen molar-refractivity contribution in [3.05, 3.63) is 64.4 Å². The van der Waals surface area contributed by atoms with E-state index < -0.39 is 0 Å². The highest BCUT2D eigenvalue weighted by molar-refractivity contribution is 7.71. The molecule has 2 aromatic carbocycles. The van der Waals surface area contributed by atoms with Crippen molar-refractivity contribution in [2.24, 2.45) is 5.10 Å². The van der Waals surface area contributed by atoms with Crippen LogP contribution in [0.3, 0.4) is 0 Å². The van der Waals surface area contributed by atoms with E-state index in [0.29, 0.717) is 17.2 Å². The largest absolute Gasteiger partial charge is 0.494 e.